The summed E-state index contributed by atoms with van der Waals surface area (Å²) in [6.07, 6.45) is 11.6. The number of fused-ring (bicyclic) bond motifs is 3. The monoisotopic (exact) mass is 486 g/mol. The molecule has 0 bridgehead atoms. The fourth-order valence-electron chi connectivity index (χ4n) is 5.67. The zero-order valence-corrected chi connectivity index (χ0v) is 22.5. The van der Waals surface area contributed by atoms with Crippen molar-refractivity contribution in [1.82, 2.24) is 0 Å². The quantitative estimate of drug-likeness (QED) is 0.233. The lowest BCUT2D eigenvalue weighted by molar-refractivity contribution is 0.424. The van der Waals surface area contributed by atoms with Crippen LogP contribution in [0.3, 0.4) is 0 Å². The number of benzene rings is 3. The summed E-state index contributed by atoms with van der Waals surface area (Å²) in [5.41, 5.74) is 5.41. The van der Waals surface area contributed by atoms with Gasteiger partial charge in [-0.15, -0.1) is 0 Å². The van der Waals surface area contributed by atoms with Crippen LogP contribution in [0.25, 0.3) is 11.1 Å². The third kappa shape index (κ3) is 5.29. The molecular formula is C32H39O2P. The molecule has 0 N–H and O–H groups in total. The Balaban J connectivity index is 1.48. The van der Waals surface area contributed by atoms with E-state index < -0.39 is 8.38 Å². The van der Waals surface area contributed by atoms with Crippen molar-refractivity contribution in [2.24, 2.45) is 0 Å². The van der Waals surface area contributed by atoms with E-state index in [-0.39, 0.29) is 5.41 Å². The van der Waals surface area contributed by atoms with Gasteiger partial charge in [-0.05, 0) is 65.5 Å². The second-order valence-corrected chi connectivity index (χ2v) is 12.2. The molecule has 35 heavy (non-hydrogen) atoms. The van der Waals surface area contributed by atoms with E-state index in [2.05, 4.69) is 81.4 Å². The summed E-state index contributed by atoms with van der Waals surface area (Å²) in [5, 5.41) is 1.17. The van der Waals surface area contributed by atoms with Crippen LogP contribution in [-0.2, 0) is 5.41 Å². The van der Waals surface area contributed by atoms with Crippen molar-refractivity contribution >= 4 is 13.7 Å². The van der Waals surface area contributed by atoms with Gasteiger partial charge in [0.1, 0.15) is 11.5 Å². The summed E-state index contributed by atoms with van der Waals surface area (Å²) in [7, 11) is -1.24. The summed E-state index contributed by atoms with van der Waals surface area (Å²) in [6, 6.07) is 23.9. The topological polar surface area (TPSA) is 18.5 Å². The second-order valence-electron chi connectivity index (χ2n) is 10.9. The summed E-state index contributed by atoms with van der Waals surface area (Å²) < 4.78 is 13.3. The first kappa shape index (κ1) is 24.4. The molecule has 3 heteroatoms. The molecular weight excluding hydrogens is 447 g/mol. The summed E-state index contributed by atoms with van der Waals surface area (Å²) in [4.78, 5) is 0. The van der Waals surface area contributed by atoms with Crippen molar-refractivity contribution in [3.8, 4) is 22.6 Å². The van der Waals surface area contributed by atoms with Gasteiger partial charge >= 0.3 is 8.38 Å². The van der Waals surface area contributed by atoms with E-state index in [0.29, 0.717) is 5.92 Å². The average Bonchev–Trinajstić information content (AvgIpc) is 2.89. The first-order valence-electron chi connectivity index (χ1n) is 13.6. The van der Waals surface area contributed by atoms with Gasteiger partial charge in [0.05, 0.1) is 5.30 Å². The molecule has 1 heterocycles. The summed E-state index contributed by atoms with van der Waals surface area (Å²) >= 11 is 0. The molecule has 1 saturated carbocycles. The molecule has 1 atom stereocenters. The predicted octanol–water partition coefficient (Wildman–Crippen LogP) is 9.67. The van der Waals surface area contributed by atoms with Gasteiger partial charge in [0, 0.05) is 5.56 Å². The van der Waals surface area contributed by atoms with Crippen molar-refractivity contribution in [3.05, 3.63) is 77.9 Å². The van der Waals surface area contributed by atoms with Crippen LogP contribution in [0.1, 0.15) is 95.6 Å². The maximum Gasteiger partial charge on any atom is 0.326 e. The average molecular weight is 487 g/mol. The minimum Gasteiger partial charge on any atom is -0.435 e. The number of hydrogen-bond acceptors (Lipinski definition) is 2. The van der Waals surface area contributed by atoms with Crippen LogP contribution in [0.5, 0.6) is 11.5 Å². The molecule has 5 rings (SSSR count). The van der Waals surface area contributed by atoms with Gasteiger partial charge in [-0.2, -0.15) is 0 Å². The van der Waals surface area contributed by atoms with Gasteiger partial charge in [0.25, 0.3) is 0 Å². The van der Waals surface area contributed by atoms with Crippen molar-refractivity contribution < 1.29 is 9.05 Å². The fraction of sp³-hybridized carbons (Fsp3) is 0.438. The van der Waals surface area contributed by atoms with Gasteiger partial charge in [0.2, 0.25) is 0 Å². The Morgan fingerprint density at radius 1 is 0.886 bits per heavy atom. The van der Waals surface area contributed by atoms with Crippen LogP contribution >= 0.6 is 8.38 Å². The van der Waals surface area contributed by atoms with Gasteiger partial charge in [0.15, 0.2) is 0 Å². The van der Waals surface area contributed by atoms with Gasteiger partial charge in [-0.25, -0.2) is 0 Å². The first-order valence-corrected chi connectivity index (χ1v) is 14.7. The van der Waals surface area contributed by atoms with Crippen molar-refractivity contribution in [3.63, 3.8) is 0 Å². The molecule has 0 radical (unpaired) electrons. The van der Waals surface area contributed by atoms with Gasteiger partial charge in [-0.1, -0.05) is 108 Å². The number of rotatable bonds is 8. The van der Waals surface area contributed by atoms with E-state index in [4.69, 9.17) is 9.05 Å². The largest absolute Gasteiger partial charge is 0.435 e. The standard InChI is InChI=1S/C32H39O2P/c1-4-5-13-22-32(2,3)25-20-21-30(28(23-25)24-14-7-6-8-15-24)34-35-31-19-12-10-17-27(31)26-16-9-11-18-29(26)33-35/h9-12,16-21,23-24H,4-8,13-15,22H2,1-3H3. The molecule has 0 amide bonds. The van der Waals surface area contributed by atoms with E-state index in [1.165, 1.54) is 79.8 Å². The molecule has 184 valence electrons. The Labute approximate surface area is 213 Å². The number of para-hydroxylation sites is 1. The molecule has 3 aromatic carbocycles. The minimum atomic E-state index is -1.24. The third-order valence-corrected chi connectivity index (χ3v) is 9.39. The Morgan fingerprint density at radius 3 is 2.43 bits per heavy atom. The highest BCUT2D eigenvalue weighted by molar-refractivity contribution is 7.57. The van der Waals surface area contributed by atoms with Crippen molar-refractivity contribution in [2.75, 3.05) is 0 Å². The van der Waals surface area contributed by atoms with Crippen LogP contribution in [0.15, 0.2) is 66.7 Å². The molecule has 1 aliphatic carbocycles. The summed E-state index contributed by atoms with van der Waals surface area (Å²) in [6.45, 7) is 7.10. The number of unbranched alkanes of at least 4 members (excludes halogenated alkanes) is 2. The van der Waals surface area contributed by atoms with E-state index in [9.17, 15) is 0 Å². The molecule has 1 unspecified atom stereocenters. The Morgan fingerprint density at radius 2 is 1.63 bits per heavy atom. The lowest BCUT2D eigenvalue weighted by atomic mass is 9.77. The predicted molar refractivity (Wildman–Crippen MR) is 149 cm³/mol. The molecule has 0 spiro atoms. The Bertz CT molecular complexity index is 1150. The zero-order chi connectivity index (χ0) is 24.3. The highest BCUT2D eigenvalue weighted by Gasteiger charge is 2.31. The fourth-order valence-corrected chi connectivity index (χ4v) is 7.19. The molecule has 1 fully saturated rings. The lowest BCUT2D eigenvalue weighted by Crippen LogP contribution is -2.20. The zero-order valence-electron chi connectivity index (χ0n) is 21.6. The van der Waals surface area contributed by atoms with Gasteiger partial charge < -0.3 is 9.05 Å². The van der Waals surface area contributed by atoms with Crippen LogP contribution in [0.4, 0.5) is 0 Å². The van der Waals surface area contributed by atoms with Crippen LogP contribution in [0, 0.1) is 0 Å². The first-order chi connectivity index (χ1) is 17.1. The summed E-state index contributed by atoms with van der Waals surface area (Å²) in [5.74, 6) is 2.52. The van der Waals surface area contributed by atoms with Crippen LogP contribution < -0.4 is 14.4 Å². The molecule has 2 nitrogen and oxygen atoms in total. The lowest BCUT2D eigenvalue weighted by Gasteiger charge is -2.31. The smallest absolute Gasteiger partial charge is 0.326 e. The van der Waals surface area contributed by atoms with Crippen molar-refractivity contribution in [2.45, 2.75) is 89.9 Å². The van der Waals surface area contributed by atoms with E-state index in [1.54, 1.807) is 0 Å². The van der Waals surface area contributed by atoms with E-state index in [1.807, 2.05) is 6.07 Å². The van der Waals surface area contributed by atoms with Gasteiger partial charge in [-0.3, -0.25) is 0 Å². The molecule has 3 aromatic rings. The van der Waals surface area contributed by atoms with Crippen LogP contribution in [-0.4, -0.2) is 0 Å². The normalized spacial score (nSPS) is 17.9. The van der Waals surface area contributed by atoms with E-state index in [0.717, 1.165) is 17.1 Å². The molecule has 1 aliphatic heterocycles. The van der Waals surface area contributed by atoms with Crippen LogP contribution in [0.2, 0.25) is 0 Å². The number of hydrogen-bond donors (Lipinski definition) is 0. The maximum absolute atomic E-state index is 6.83. The maximum atomic E-state index is 6.83. The Hall–Kier alpha value is -2.31. The Kier molecular flexibility index (Phi) is 7.49. The second kappa shape index (κ2) is 10.8. The SMILES string of the molecule is CCCCCC(C)(C)c1ccc(OP2Oc3ccccc3-c3ccccc32)c(C2CCCCC2)c1. The molecule has 0 saturated heterocycles. The molecule has 2 aliphatic rings. The minimum absolute atomic E-state index is 0.176. The van der Waals surface area contributed by atoms with Crippen molar-refractivity contribution in [1.29, 1.82) is 0 Å². The third-order valence-electron chi connectivity index (χ3n) is 7.88. The highest BCUT2D eigenvalue weighted by Crippen LogP contribution is 2.51. The highest BCUT2D eigenvalue weighted by atomic mass is 31.2. The van der Waals surface area contributed by atoms with E-state index >= 15 is 0 Å². The molecule has 0 aromatic heterocycles.